The van der Waals surface area contributed by atoms with Gasteiger partial charge in [-0.2, -0.15) is 13.9 Å². The second-order valence-corrected chi connectivity index (χ2v) is 6.75. The van der Waals surface area contributed by atoms with Crippen LogP contribution in [-0.4, -0.2) is 22.3 Å². The number of aryl methyl sites for hydroxylation is 1. The molecule has 0 saturated carbocycles. The summed E-state index contributed by atoms with van der Waals surface area (Å²) in [5, 5.41) is 7.97. The number of aromatic nitrogens is 2. The first-order valence-electron chi connectivity index (χ1n) is 8.16. The Hall–Kier alpha value is -2.64. The van der Waals surface area contributed by atoms with Gasteiger partial charge in [0.15, 0.2) is 5.82 Å². The van der Waals surface area contributed by atoms with E-state index >= 15 is 0 Å². The van der Waals surface area contributed by atoms with E-state index in [1.54, 1.807) is 22.9 Å². The van der Waals surface area contributed by atoms with Crippen LogP contribution in [0, 0.1) is 6.92 Å². The largest absolute Gasteiger partial charge is 0.435 e. The predicted molar refractivity (Wildman–Crippen MR) is 104 cm³/mol. The summed E-state index contributed by atoms with van der Waals surface area (Å²) in [7, 11) is 0. The Labute approximate surface area is 169 Å². The number of carbonyl (C=O) groups excluding carboxylic acids is 1. The number of anilines is 1. The second-order valence-electron chi connectivity index (χ2n) is 5.93. The molecule has 1 amide bonds. The number of nitrogens with one attached hydrogen (secondary N) is 1. The lowest BCUT2D eigenvalue weighted by Gasteiger charge is -2.06. The molecule has 146 valence electrons. The molecule has 0 atom stereocenters. The molecule has 1 heterocycles. The van der Waals surface area contributed by atoms with Crippen LogP contribution < -0.4 is 10.1 Å². The zero-order valence-corrected chi connectivity index (χ0v) is 16.1. The fourth-order valence-electron chi connectivity index (χ4n) is 2.52. The van der Waals surface area contributed by atoms with Gasteiger partial charge in [-0.3, -0.25) is 9.48 Å². The minimum Gasteiger partial charge on any atom is -0.435 e. The van der Waals surface area contributed by atoms with Crippen LogP contribution >= 0.6 is 23.2 Å². The Balaban J connectivity index is 1.68. The Morgan fingerprint density at radius 2 is 1.86 bits per heavy atom. The lowest BCUT2D eigenvalue weighted by Crippen LogP contribution is -2.13. The molecule has 0 radical (unpaired) electrons. The summed E-state index contributed by atoms with van der Waals surface area (Å²) < 4.78 is 30.3. The third-order valence-corrected chi connectivity index (χ3v) is 4.62. The van der Waals surface area contributed by atoms with Crippen LogP contribution in [0.5, 0.6) is 5.75 Å². The molecule has 5 nitrogen and oxygen atoms in total. The van der Waals surface area contributed by atoms with Crippen molar-refractivity contribution in [2.45, 2.75) is 20.1 Å². The number of hydrogen-bond acceptors (Lipinski definition) is 3. The number of hydrogen-bond donors (Lipinski definition) is 1. The Morgan fingerprint density at radius 3 is 2.50 bits per heavy atom. The number of carbonyl (C=O) groups is 1. The summed E-state index contributed by atoms with van der Waals surface area (Å²) in [5.41, 5.74) is 2.04. The molecule has 9 heteroatoms. The van der Waals surface area contributed by atoms with E-state index in [9.17, 15) is 13.6 Å². The normalized spacial score (nSPS) is 10.9. The zero-order chi connectivity index (χ0) is 20.3. The molecule has 1 aromatic heterocycles. The van der Waals surface area contributed by atoms with E-state index in [2.05, 4.69) is 15.2 Å². The smallest absolute Gasteiger partial charge is 0.387 e. The van der Waals surface area contributed by atoms with Gasteiger partial charge in [0.1, 0.15) is 5.75 Å². The van der Waals surface area contributed by atoms with Crippen molar-refractivity contribution in [2.75, 3.05) is 5.32 Å². The number of rotatable bonds is 6. The fraction of sp³-hybridized carbons (Fsp3) is 0.158. The Morgan fingerprint density at radius 1 is 1.14 bits per heavy atom. The van der Waals surface area contributed by atoms with Crippen LogP contribution in [0.1, 0.15) is 21.6 Å². The predicted octanol–water partition coefficient (Wildman–Crippen LogP) is 5.40. The molecule has 0 fully saturated rings. The Kier molecular flexibility index (Phi) is 6.16. The monoisotopic (exact) mass is 425 g/mol. The highest BCUT2D eigenvalue weighted by atomic mass is 35.5. The van der Waals surface area contributed by atoms with Gasteiger partial charge in [-0.25, -0.2) is 0 Å². The molecule has 3 aromatic rings. The van der Waals surface area contributed by atoms with Crippen molar-refractivity contribution in [1.29, 1.82) is 0 Å². The van der Waals surface area contributed by atoms with Gasteiger partial charge in [-0.05, 0) is 48.9 Å². The molecule has 28 heavy (non-hydrogen) atoms. The molecule has 2 aromatic carbocycles. The van der Waals surface area contributed by atoms with Gasteiger partial charge in [0.25, 0.3) is 5.91 Å². The van der Waals surface area contributed by atoms with E-state index in [4.69, 9.17) is 23.2 Å². The molecule has 0 unspecified atom stereocenters. The third kappa shape index (κ3) is 4.99. The van der Waals surface area contributed by atoms with E-state index in [0.717, 1.165) is 11.3 Å². The molecule has 3 rings (SSSR count). The van der Waals surface area contributed by atoms with Crippen LogP contribution in [0.25, 0.3) is 0 Å². The standard InChI is InChI=1S/C19H15Cl2F2N3O2/c1-11-8-17(25-26(11)10-12-2-7-15(20)16(21)9-12)24-18(27)13-3-5-14(6-4-13)28-19(22)23/h2-9,19H,10H2,1H3,(H,24,25,27). The molecule has 0 aliphatic carbocycles. The maximum Gasteiger partial charge on any atom is 0.387 e. The topological polar surface area (TPSA) is 56.1 Å². The van der Waals surface area contributed by atoms with Crippen LogP contribution in [-0.2, 0) is 6.54 Å². The zero-order valence-electron chi connectivity index (χ0n) is 14.6. The van der Waals surface area contributed by atoms with Crippen molar-refractivity contribution in [1.82, 2.24) is 9.78 Å². The number of alkyl halides is 2. The maximum atomic E-state index is 12.3. The fourth-order valence-corrected chi connectivity index (χ4v) is 2.84. The number of amides is 1. The lowest BCUT2D eigenvalue weighted by molar-refractivity contribution is -0.0498. The number of halogens is 4. The lowest BCUT2D eigenvalue weighted by atomic mass is 10.2. The second kappa shape index (κ2) is 8.58. The third-order valence-electron chi connectivity index (χ3n) is 3.88. The maximum absolute atomic E-state index is 12.3. The summed E-state index contributed by atoms with van der Waals surface area (Å²) >= 11 is 12.0. The number of nitrogens with zero attached hydrogens (tertiary/aromatic N) is 2. The van der Waals surface area contributed by atoms with Gasteiger partial charge in [0.2, 0.25) is 0 Å². The highest BCUT2D eigenvalue weighted by Gasteiger charge is 2.12. The van der Waals surface area contributed by atoms with Crippen LogP contribution in [0.3, 0.4) is 0 Å². The van der Waals surface area contributed by atoms with Crippen LogP contribution in [0.2, 0.25) is 10.0 Å². The van der Waals surface area contributed by atoms with Gasteiger partial charge in [0, 0.05) is 17.3 Å². The van der Waals surface area contributed by atoms with Crippen molar-refractivity contribution in [2.24, 2.45) is 0 Å². The molecule has 1 N–H and O–H groups in total. The molecule has 0 aliphatic heterocycles. The van der Waals surface area contributed by atoms with Crippen molar-refractivity contribution >= 4 is 34.9 Å². The molecule has 0 bridgehead atoms. The van der Waals surface area contributed by atoms with Gasteiger partial charge in [-0.1, -0.05) is 29.3 Å². The average Bonchev–Trinajstić information content (AvgIpc) is 2.97. The highest BCUT2D eigenvalue weighted by molar-refractivity contribution is 6.42. The summed E-state index contributed by atoms with van der Waals surface area (Å²) in [6, 6.07) is 12.4. The average molecular weight is 426 g/mol. The Bertz CT molecular complexity index is 991. The van der Waals surface area contributed by atoms with Crippen LogP contribution in [0.4, 0.5) is 14.6 Å². The highest BCUT2D eigenvalue weighted by Crippen LogP contribution is 2.23. The van der Waals surface area contributed by atoms with Crippen molar-refractivity contribution in [3.8, 4) is 5.75 Å². The van der Waals surface area contributed by atoms with E-state index in [1.165, 1.54) is 24.3 Å². The van der Waals surface area contributed by atoms with Crippen LogP contribution in [0.15, 0.2) is 48.5 Å². The summed E-state index contributed by atoms with van der Waals surface area (Å²) in [6.07, 6.45) is 0. The van der Waals surface area contributed by atoms with Crippen molar-refractivity contribution in [3.63, 3.8) is 0 Å². The van der Waals surface area contributed by atoms with Gasteiger partial charge in [-0.15, -0.1) is 0 Å². The molecular formula is C19H15Cl2F2N3O2. The van der Waals surface area contributed by atoms with E-state index in [1.807, 2.05) is 13.0 Å². The first-order valence-corrected chi connectivity index (χ1v) is 8.92. The minimum absolute atomic E-state index is 0.0201. The summed E-state index contributed by atoms with van der Waals surface area (Å²) in [4.78, 5) is 12.3. The molecule has 0 saturated heterocycles. The number of ether oxygens (including phenoxy) is 1. The molecule has 0 aliphatic rings. The molecule has 0 spiro atoms. The first-order chi connectivity index (χ1) is 13.3. The van der Waals surface area contributed by atoms with E-state index < -0.39 is 12.5 Å². The van der Waals surface area contributed by atoms with Crippen molar-refractivity contribution in [3.05, 3.63) is 75.4 Å². The summed E-state index contributed by atoms with van der Waals surface area (Å²) in [5.74, 6) is -0.0634. The van der Waals surface area contributed by atoms with Gasteiger partial charge >= 0.3 is 6.61 Å². The minimum atomic E-state index is -2.91. The van der Waals surface area contributed by atoms with Crippen molar-refractivity contribution < 1.29 is 18.3 Å². The molecular weight excluding hydrogens is 411 g/mol. The SMILES string of the molecule is Cc1cc(NC(=O)c2ccc(OC(F)F)cc2)nn1Cc1ccc(Cl)c(Cl)c1. The van der Waals surface area contributed by atoms with E-state index in [-0.39, 0.29) is 5.75 Å². The summed E-state index contributed by atoms with van der Waals surface area (Å²) in [6.45, 7) is -0.600. The first kappa shape index (κ1) is 20.1. The van der Waals surface area contributed by atoms with E-state index in [0.29, 0.717) is 28.0 Å². The quantitative estimate of drug-likeness (QED) is 0.574. The van der Waals surface area contributed by atoms with Gasteiger partial charge < -0.3 is 10.1 Å². The van der Waals surface area contributed by atoms with Gasteiger partial charge in [0.05, 0.1) is 16.6 Å². The number of benzene rings is 2.